The maximum atomic E-state index is 12.4. The Morgan fingerprint density at radius 1 is 1.00 bits per heavy atom. The summed E-state index contributed by atoms with van der Waals surface area (Å²) in [6.45, 7) is 1.49. The molecule has 130 valence electrons. The van der Waals surface area contributed by atoms with Crippen LogP contribution in [0, 0.1) is 0 Å². The number of sulfonamides is 1. The molecule has 1 aliphatic carbocycles. The third-order valence-corrected chi connectivity index (χ3v) is 6.31. The molecule has 0 atom stereocenters. The topological polar surface area (TPSA) is 62.8 Å². The maximum absolute atomic E-state index is 12.4. The number of nitrogens with one attached hydrogen (secondary N) is 1. The molecule has 0 spiro atoms. The van der Waals surface area contributed by atoms with Gasteiger partial charge in [-0.2, -0.15) is 0 Å². The normalized spacial score (nSPS) is 16.5. The van der Waals surface area contributed by atoms with Gasteiger partial charge in [0.05, 0.1) is 17.5 Å². The third-order valence-electron chi connectivity index (χ3n) is 4.85. The van der Waals surface area contributed by atoms with Gasteiger partial charge in [0.1, 0.15) is 0 Å². The Bertz CT molecular complexity index is 768. The molecule has 0 aliphatic heterocycles. The Morgan fingerprint density at radius 3 is 2.54 bits per heavy atom. The average molecular weight is 348 g/mol. The van der Waals surface area contributed by atoms with Crippen LogP contribution in [0.5, 0.6) is 0 Å². The van der Waals surface area contributed by atoms with Gasteiger partial charge in [0.2, 0.25) is 10.0 Å². The van der Waals surface area contributed by atoms with Gasteiger partial charge in [0.25, 0.3) is 0 Å². The Kier molecular flexibility index (Phi) is 5.87. The van der Waals surface area contributed by atoms with Crippen LogP contribution >= 0.6 is 0 Å². The Hall–Kier alpha value is -1.43. The smallest absolute Gasteiger partial charge is 0.240 e. The van der Waals surface area contributed by atoms with Crippen LogP contribution < -0.4 is 10.0 Å². The number of nitrogens with two attached hydrogens (primary N) is 1. The summed E-state index contributed by atoms with van der Waals surface area (Å²) in [7, 11) is -3.42. The van der Waals surface area contributed by atoms with E-state index in [0.717, 1.165) is 29.8 Å². The molecule has 1 aliphatic rings. The summed E-state index contributed by atoms with van der Waals surface area (Å²) < 4.78 is 27.6. The van der Waals surface area contributed by atoms with E-state index in [1.807, 2.05) is 30.3 Å². The summed E-state index contributed by atoms with van der Waals surface area (Å²) >= 11 is 0. The minimum absolute atomic E-state index is 0.345. The van der Waals surface area contributed by atoms with Gasteiger partial charge in [-0.25, -0.2) is 13.1 Å². The molecule has 0 radical (unpaired) electrons. The van der Waals surface area contributed by atoms with E-state index in [2.05, 4.69) is 10.0 Å². The molecular weight excluding hydrogens is 320 g/mol. The molecule has 0 aromatic heterocycles. The molecule has 1 saturated carbocycles. The highest BCUT2D eigenvalue weighted by atomic mass is 32.2. The Labute approximate surface area is 144 Å². The van der Waals surface area contributed by atoms with E-state index in [0.29, 0.717) is 11.4 Å². The Morgan fingerprint density at radius 2 is 1.75 bits per heavy atom. The minimum atomic E-state index is -3.42. The summed E-state index contributed by atoms with van der Waals surface area (Å²) in [6.07, 6.45) is 7.54. The zero-order chi connectivity index (χ0) is 16.8. The molecule has 0 bridgehead atoms. The van der Waals surface area contributed by atoms with Crippen LogP contribution in [0.3, 0.4) is 0 Å². The highest BCUT2D eigenvalue weighted by Gasteiger charge is 2.16. The van der Waals surface area contributed by atoms with Crippen molar-refractivity contribution in [3.05, 3.63) is 42.5 Å². The van der Waals surface area contributed by atoms with Crippen molar-refractivity contribution in [2.75, 3.05) is 13.1 Å². The zero-order valence-electron chi connectivity index (χ0n) is 14.1. The fraction of sp³-hybridized carbons (Fsp3) is 0.474. The second kappa shape index (κ2) is 8.10. The molecule has 24 heavy (non-hydrogen) atoms. The predicted octanol–water partition coefficient (Wildman–Crippen LogP) is 2.40. The molecule has 0 heterocycles. The van der Waals surface area contributed by atoms with Gasteiger partial charge in [-0.1, -0.05) is 36.8 Å². The van der Waals surface area contributed by atoms with Gasteiger partial charge in [-0.15, -0.1) is 0 Å². The number of hydrogen-bond donors (Lipinski definition) is 2. The highest BCUT2D eigenvalue weighted by molar-refractivity contribution is 7.89. The molecule has 3 N–H and O–H groups in total. The zero-order valence-corrected chi connectivity index (χ0v) is 14.9. The summed E-state index contributed by atoms with van der Waals surface area (Å²) in [5.74, 6) is 0. The van der Waals surface area contributed by atoms with Gasteiger partial charge in [-0.05, 0) is 48.6 Å². The van der Waals surface area contributed by atoms with Crippen LogP contribution in [0.4, 0.5) is 0 Å². The first-order chi connectivity index (χ1) is 11.6. The van der Waals surface area contributed by atoms with Crippen LogP contribution in [-0.2, 0) is 10.0 Å². The molecule has 0 amide bonds. The van der Waals surface area contributed by atoms with Crippen LogP contribution in [0.2, 0.25) is 0 Å². The summed E-state index contributed by atoms with van der Waals surface area (Å²) in [5, 5.41) is 4.40. The van der Waals surface area contributed by atoms with Crippen molar-refractivity contribution in [2.45, 2.75) is 49.5 Å². The number of quaternary nitrogens is 1. The van der Waals surface area contributed by atoms with Crippen LogP contribution in [0.1, 0.15) is 38.5 Å². The predicted molar refractivity (Wildman–Crippen MR) is 97.4 cm³/mol. The second-order valence-corrected chi connectivity index (χ2v) is 8.45. The molecular formula is C19H27N2O2S+. The molecule has 0 saturated heterocycles. The summed E-state index contributed by atoms with van der Waals surface area (Å²) in [6, 6.07) is 13.8. The van der Waals surface area contributed by atoms with Gasteiger partial charge in [-0.3, -0.25) is 0 Å². The van der Waals surface area contributed by atoms with Crippen molar-refractivity contribution in [1.29, 1.82) is 0 Å². The number of benzene rings is 2. The molecule has 4 nitrogen and oxygen atoms in total. The number of hydrogen-bond acceptors (Lipinski definition) is 2. The number of rotatable bonds is 7. The molecule has 0 unspecified atom stereocenters. The van der Waals surface area contributed by atoms with Crippen molar-refractivity contribution in [3.63, 3.8) is 0 Å². The van der Waals surface area contributed by atoms with Gasteiger partial charge in [0.15, 0.2) is 0 Å². The second-order valence-electron chi connectivity index (χ2n) is 6.68. The summed E-state index contributed by atoms with van der Waals surface area (Å²) in [5.41, 5.74) is 0. The third kappa shape index (κ3) is 4.56. The van der Waals surface area contributed by atoms with Crippen molar-refractivity contribution in [1.82, 2.24) is 4.72 Å². The lowest BCUT2D eigenvalue weighted by atomic mass is 9.95. The van der Waals surface area contributed by atoms with Crippen molar-refractivity contribution < 1.29 is 13.7 Å². The molecule has 2 aromatic carbocycles. The highest BCUT2D eigenvalue weighted by Crippen LogP contribution is 2.18. The average Bonchev–Trinajstić information content (AvgIpc) is 2.62. The van der Waals surface area contributed by atoms with E-state index >= 15 is 0 Å². The molecule has 5 heteroatoms. The lowest BCUT2D eigenvalue weighted by molar-refractivity contribution is -0.691. The first-order valence-electron chi connectivity index (χ1n) is 8.97. The molecule has 1 fully saturated rings. The monoisotopic (exact) mass is 347 g/mol. The van der Waals surface area contributed by atoms with Crippen LogP contribution in [0.15, 0.2) is 47.4 Å². The summed E-state index contributed by atoms with van der Waals surface area (Å²) in [4.78, 5) is 0.345. The Balaban J connectivity index is 1.49. The van der Waals surface area contributed by atoms with Crippen molar-refractivity contribution in [2.24, 2.45) is 0 Å². The SMILES string of the molecule is O=S(=O)(NCCC[NH2+]C1CCCCC1)c1ccc2ccccc2c1. The van der Waals surface area contributed by atoms with E-state index < -0.39 is 10.0 Å². The van der Waals surface area contributed by atoms with Crippen LogP contribution in [0.25, 0.3) is 10.8 Å². The minimum Gasteiger partial charge on any atom is -0.344 e. The number of fused-ring (bicyclic) bond motifs is 1. The van der Waals surface area contributed by atoms with E-state index in [4.69, 9.17) is 0 Å². The van der Waals surface area contributed by atoms with E-state index in [9.17, 15) is 8.42 Å². The standard InChI is InChI=1S/C19H26N2O2S/c22-24(23,19-12-11-16-7-4-5-8-17(16)15-19)21-14-6-13-20-18-9-2-1-3-10-18/h4-5,7-8,11-12,15,18,20-21H,1-3,6,9-10,13-14H2/p+1. The fourth-order valence-electron chi connectivity index (χ4n) is 3.45. The molecule has 3 rings (SSSR count). The first-order valence-corrected chi connectivity index (χ1v) is 10.5. The van der Waals surface area contributed by atoms with E-state index in [1.165, 1.54) is 32.1 Å². The van der Waals surface area contributed by atoms with Crippen molar-refractivity contribution in [3.8, 4) is 0 Å². The van der Waals surface area contributed by atoms with E-state index in [-0.39, 0.29) is 0 Å². The van der Waals surface area contributed by atoms with Crippen LogP contribution in [-0.4, -0.2) is 27.5 Å². The van der Waals surface area contributed by atoms with Gasteiger partial charge < -0.3 is 5.32 Å². The maximum Gasteiger partial charge on any atom is 0.240 e. The quantitative estimate of drug-likeness (QED) is 0.756. The van der Waals surface area contributed by atoms with Gasteiger partial charge in [0, 0.05) is 13.0 Å². The van der Waals surface area contributed by atoms with Gasteiger partial charge >= 0.3 is 0 Å². The lowest BCUT2D eigenvalue weighted by Gasteiger charge is -2.19. The first kappa shape index (κ1) is 17.4. The largest absolute Gasteiger partial charge is 0.344 e. The van der Waals surface area contributed by atoms with E-state index in [1.54, 1.807) is 12.1 Å². The lowest BCUT2D eigenvalue weighted by Crippen LogP contribution is -2.90. The molecule has 2 aromatic rings. The van der Waals surface area contributed by atoms with Crippen molar-refractivity contribution >= 4 is 20.8 Å². The fourth-order valence-corrected chi connectivity index (χ4v) is 4.56.